The predicted molar refractivity (Wildman–Crippen MR) is 57.3 cm³/mol. The van der Waals surface area contributed by atoms with E-state index in [1.54, 1.807) is 7.11 Å². The molecule has 0 heterocycles. The lowest BCUT2D eigenvalue weighted by atomic mass is 10.1. The summed E-state index contributed by atoms with van der Waals surface area (Å²) in [5, 5.41) is -0.0339. The molecule has 1 atom stereocenters. The quantitative estimate of drug-likeness (QED) is 0.674. The van der Waals surface area contributed by atoms with Crippen molar-refractivity contribution in [2.24, 2.45) is 0 Å². The van der Waals surface area contributed by atoms with Crippen molar-refractivity contribution < 1.29 is 4.74 Å². The summed E-state index contributed by atoms with van der Waals surface area (Å²) in [6.07, 6.45) is 0. The fraction of sp³-hybridized carbons (Fsp3) is 0.273. The molecule has 0 aliphatic rings. The highest BCUT2D eigenvalue weighted by Crippen LogP contribution is 2.22. The van der Waals surface area contributed by atoms with Gasteiger partial charge in [0.05, 0.1) is 12.5 Å². The van der Waals surface area contributed by atoms with Crippen molar-refractivity contribution in [3.63, 3.8) is 0 Å². The number of hydrogen-bond acceptors (Lipinski definition) is 1. The molecule has 1 unspecified atom stereocenters. The van der Waals surface area contributed by atoms with Gasteiger partial charge in [-0.25, -0.2) is 0 Å². The maximum Gasteiger partial charge on any atom is 0.118 e. The first kappa shape index (κ1) is 10.1. The molecule has 0 spiro atoms. The van der Waals surface area contributed by atoms with Crippen molar-refractivity contribution in [2.45, 2.75) is 12.3 Å². The normalized spacial score (nSPS) is 12.2. The van der Waals surface area contributed by atoms with Gasteiger partial charge in [0.1, 0.15) is 5.75 Å². The zero-order valence-electron chi connectivity index (χ0n) is 7.88. The molecule has 0 fully saturated rings. The molecule has 0 saturated heterocycles. The third kappa shape index (κ3) is 2.49. The molecule has 1 rings (SSSR count). The van der Waals surface area contributed by atoms with Crippen LogP contribution in [0, 0.1) is 0 Å². The average molecular weight is 197 g/mol. The molecule has 70 valence electrons. The molecule has 13 heavy (non-hydrogen) atoms. The van der Waals surface area contributed by atoms with E-state index in [0.29, 0.717) is 0 Å². The van der Waals surface area contributed by atoms with Crippen LogP contribution in [0.1, 0.15) is 12.5 Å². The van der Waals surface area contributed by atoms with Crippen LogP contribution in [0.4, 0.5) is 0 Å². The highest BCUT2D eigenvalue weighted by atomic mass is 35.5. The van der Waals surface area contributed by atoms with Crippen LogP contribution in [0.2, 0.25) is 0 Å². The fourth-order valence-electron chi connectivity index (χ4n) is 1.03. The summed E-state index contributed by atoms with van der Waals surface area (Å²) in [6.45, 7) is 5.82. The zero-order chi connectivity index (χ0) is 9.84. The van der Waals surface area contributed by atoms with Crippen LogP contribution in [-0.4, -0.2) is 12.5 Å². The lowest BCUT2D eigenvalue weighted by molar-refractivity contribution is 0.415. The Balaban J connectivity index is 2.86. The van der Waals surface area contributed by atoms with Gasteiger partial charge in [-0.05, 0) is 30.2 Å². The molecule has 0 aliphatic carbocycles. The maximum atomic E-state index is 5.91. The number of methoxy groups -OCH3 is 1. The molecule has 0 amide bonds. The molecule has 0 aliphatic heterocycles. The van der Waals surface area contributed by atoms with Gasteiger partial charge in [0.25, 0.3) is 0 Å². The molecule has 0 bridgehead atoms. The van der Waals surface area contributed by atoms with Gasteiger partial charge in [0.2, 0.25) is 0 Å². The van der Waals surface area contributed by atoms with E-state index in [-0.39, 0.29) is 5.38 Å². The van der Waals surface area contributed by atoms with Crippen molar-refractivity contribution in [3.05, 3.63) is 36.4 Å². The minimum absolute atomic E-state index is 0.0339. The Morgan fingerprint density at radius 1 is 1.38 bits per heavy atom. The van der Waals surface area contributed by atoms with Gasteiger partial charge in [0.15, 0.2) is 0 Å². The highest BCUT2D eigenvalue weighted by Gasteiger charge is 2.04. The molecule has 1 aromatic rings. The van der Waals surface area contributed by atoms with Gasteiger partial charge in [-0.2, -0.15) is 0 Å². The van der Waals surface area contributed by atoms with Crippen molar-refractivity contribution in [2.75, 3.05) is 7.11 Å². The van der Waals surface area contributed by atoms with Gasteiger partial charge in [0, 0.05) is 0 Å². The van der Waals surface area contributed by atoms with Gasteiger partial charge in [-0.15, -0.1) is 11.6 Å². The Morgan fingerprint density at radius 2 is 1.92 bits per heavy atom. The van der Waals surface area contributed by atoms with Crippen LogP contribution in [0.25, 0.3) is 5.57 Å². The molecule has 1 aromatic carbocycles. The Hall–Kier alpha value is -0.950. The molecular formula is C11H13ClO. The second-order valence-corrected chi connectivity index (χ2v) is 3.52. The summed E-state index contributed by atoms with van der Waals surface area (Å²) in [5.74, 6) is 0.846. The summed E-state index contributed by atoms with van der Waals surface area (Å²) in [5.41, 5.74) is 1.99. The average Bonchev–Trinajstić information content (AvgIpc) is 2.17. The number of halogens is 1. The highest BCUT2D eigenvalue weighted by molar-refractivity contribution is 6.26. The summed E-state index contributed by atoms with van der Waals surface area (Å²) in [6, 6.07) is 7.72. The lowest BCUT2D eigenvalue weighted by Gasteiger charge is -2.08. The van der Waals surface area contributed by atoms with Gasteiger partial charge in [-0.3, -0.25) is 0 Å². The van der Waals surface area contributed by atoms with E-state index in [1.165, 1.54) is 0 Å². The van der Waals surface area contributed by atoms with E-state index in [2.05, 4.69) is 6.58 Å². The monoisotopic (exact) mass is 196 g/mol. The summed E-state index contributed by atoms with van der Waals surface area (Å²) in [4.78, 5) is 0. The van der Waals surface area contributed by atoms with Crippen LogP contribution >= 0.6 is 11.6 Å². The minimum atomic E-state index is -0.0339. The van der Waals surface area contributed by atoms with Crippen molar-refractivity contribution in [1.82, 2.24) is 0 Å². The topological polar surface area (TPSA) is 9.23 Å². The Labute approximate surface area is 84.0 Å². The molecule has 0 aromatic heterocycles. The summed E-state index contributed by atoms with van der Waals surface area (Å²) >= 11 is 5.91. The van der Waals surface area contributed by atoms with Crippen LogP contribution < -0.4 is 4.74 Å². The van der Waals surface area contributed by atoms with Crippen LogP contribution in [-0.2, 0) is 0 Å². The van der Waals surface area contributed by atoms with E-state index < -0.39 is 0 Å². The number of alkyl halides is 1. The maximum absolute atomic E-state index is 5.91. The number of allylic oxidation sites excluding steroid dienone is 1. The Kier molecular flexibility index (Phi) is 3.38. The zero-order valence-corrected chi connectivity index (χ0v) is 8.64. The Bertz CT molecular complexity index is 287. The van der Waals surface area contributed by atoms with Crippen molar-refractivity contribution >= 4 is 17.2 Å². The number of rotatable bonds is 3. The SMILES string of the molecule is C=C(c1ccc(OC)cc1)C(C)Cl. The number of benzene rings is 1. The molecule has 0 radical (unpaired) electrons. The first-order valence-corrected chi connectivity index (χ1v) is 4.56. The lowest BCUT2D eigenvalue weighted by Crippen LogP contribution is -1.94. The van der Waals surface area contributed by atoms with Gasteiger partial charge < -0.3 is 4.74 Å². The van der Waals surface area contributed by atoms with Crippen LogP contribution in [0.3, 0.4) is 0 Å². The van der Waals surface area contributed by atoms with Gasteiger partial charge in [-0.1, -0.05) is 18.7 Å². The number of hydrogen-bond donors (Lipinski definition) is 0. The van der Waals surface area contributed by atoms with E-state index in [4.69, 9.17) is 16.3 Å². The fourth-order valence-corrected chi connectivity index (χ4v) is 1.16. The first-order chi connectivity index (χ1) is 6.15. The number of ether oxygens (including phenoxy) is 1. The summed E-state index contributed by atoms with van der Waals surface area (Å²) < 4.78 is 5.05. The minimum Gasteiger partial charge on any atom is -0.497 e. The molecule has 2 heteroatoms. The third-order valence-corrected chi connectivity index (χ3v) is 2.20. The van der Waals surface area contributed by atoms with Crippen LogP contribution in [0.5, 0.6) is 5.75 Å². The largest absolute Gasteiger partial charge is 0.497 e. The second-order valence-electron chi connectivity index (χ2n) is 2.87. The van der Waals surface area contributed by atoms with Crippen molar-refractivity contribution in [1.29, 1.82) is 0 Å². The molecule has 1 nitrogen and oxygen atoms in total. The molecule has 0 N–H and O–H groups in total. The van der Waals surface area contributed by atoms with E-state index >= 15 is 0 Å². The Morgan fingerprint density at radius 3 is 2.31 bits per heavy atom. The van der Waals surface area contributed by atoms with Crippen molar-refractivity contribution in [3.8, 4) is 5.75 Å². The molecular weight excluding hydrogens is 184 g/mol. The summed E-state index contributed by atoms with van der Waals surface area (Å²) in [7, 11) is 1.65. The van der Waals surface area contributed by atoms with E-state index in [1.807, 2.05) is 31.2 Å². The second kappa shape index (κ2) is 4.33. The molecule has 0 saturated carbocycles. The van der Waals surface area contributed by atoms with E-state index in [0.717, 1.165) is 16.9 Å². The van der Waals surface area contributed by atoms with E-state index in [9.17, 15) is 0 Å². The first-order valence-electron chi connectivity index (χ1n) is 4.12. The third-order valence-electron chi connectivity index (χ3n) is 1.94. The predicted octanol–water partition coefficient (Wildman–Crippen LogP) is 3.34. The smallest absolute Gasteiger partial charge is 0.118 e. The standard InChI is InChI=1S/C11H13ClO/c1-8(9(2)12)10-4-6-11(13-3)7-5-10/h4-7,9H,1H2,2-3H3. The van der Waals surface area contributed by atoms with Crippen LogP contribution in [0.15, 0.2) is 30.8 Å². The van der Waals surface area contributed by atoms with Gasteiger partial charge >= 0.3 is 0 Å².